The lowest BCUT2D eigenvalue weighted by Crippen LogP contribution is -2.29. The first-order chi connectivity index (χ1) is 23.7. The van der Waals surface area contributed by atoms with Crippen LogP contribution in [0.1, 0.15) is 34.1 Å². The van der Waals surface area contributed by atoms with Gasteiger partial charge in [0.1, 0.15) is 11.8 Å². The van der Waals surface area contributed by atoms with Crippen molar-refractivity contribution in [3.63, 3.8) is 0 Å². The summed E-state index contributed by atoms with van der Waals surface area (Å²) < 4.78 is 7.36. The van der Waals surface area contributed by atoms with E-state index >= 15 is 0 Å². The zero-order chi connectivity index (χ0) is 32.5. The van der Waals surface area contributed by atoms with Crippen molar-refractivity contribution in [1.82, 2.24) is 19.8 Å². The maximum atomic E-state index is 15.0. The van der Waals surface area contributed by atoms with Crippen molar-refractivity contribution in [2.24, 2.45) is 5.10 Å². The van der Waals surface area contributed by atoms with Crippen LogP contribution >= 0.6 is 0 Å². The summed E-state index contributed by atoms with van der Waals surface area (Å²) in [5, 5.41) is 12.6. The lowest BCUT2D eigenvalue weighted by atomic mass is 9.99. The SMILES string of the molecule is COc1ccc(C2=NN(C(=O)c3cc(-c4ccccc4)nc4ccccc34)C(c3cc(-c4ccccc4)nn3-c3ccccc3)C2)cc1. The van der Waals surface area contributed by atoms with E-state index in [1.807, 2.05) is 150 Å². The molecule has 0 saturated heterocycles. The van der Waals surface area contributed by atoms with E-state index in [0.717, 1.165) is 61.8 Å². The van der Waals surface area contributed by atoms with E-state index in [9.17, 15) is 4.79 Å². The Bertz CT molecular complexity index is 2260. The summed E-state index contributed by atoms with van der Waals surface area (Å²) in [5.74, 6) is 0.551. The molecular formula is C41H31N5O2. The Hall–Kier alpha value is -6.34. The average Bonchev–Trinajstić information content (AvgIpc) is 3.81. The highest BCUT2D eigenvalue weighted by molar-refractivity contribution is 6.10. The molecule has 48 heavy (non-hydrogen) atoms. The van der Waals surface area contributed by atoms with Crippen molar-refractivity contribution in [2.75, 3.05) is 7.11 Å². The van der Waals surface area contributed by atoms with E-state index in [4.69, 9.17) is 19.9 Å². The smallest absolute Gasteiger partial charge is 0.275 e. The van der Waals surface area contributed by atoms with E-state index < -0.39 is 6.04 Å². The summed E-state index contributed by atoms with van der Waals surface area (Å²) in [5.41, 5.74) is 8.27. The van der Waals surface area contributed by atoms with Gasteiger partial charge in [-0.15, -0.1) is 0 Å². The maximum Gasteiger partial charge on any atom is 0.275 e. The Morgan fingerprint density at radius 3 is 2.00 bits per heavy atom. The molecular weight excluding hydrogens is 594 g/mol. The number of para-hydroxylation sites is 2. The van der Waals surface area contributed by atoms with Gasteiger partial charge in [0.25, 0.3) is 5.91 Å². The Labute approximate surface area is 278 Å². The Balaban J connectivity index is 1.30. The number of aromatic nitrogens is 3. The molecule has 7 heteroatoms. The fourth-order valence-electron chi connectivity index (χ4n) is 6.28. The Morgan fingerprint density at radius 2 is 1.31 bits per heavy atom. The molecule has 0 radical (unpaired) electrons. The molecule has 2 aromatic heterocycles. The zero-order valence-electron chi connectivity index (χ0n) is 26.3. The molecule has 1 unspecified atom stereocenters. The lowest BCUT2D eigenvalue weighted by Gasteiger charge is -2.23. The number of carbonyl (C=O) groups is 1. The topological polar surface area (TPSA) is 72.6 Å². The van der Waals surface area contributed by atoms with Crippen LogP contribution in [0.3, 0.4) is 0 Å². The van der Waals surface area contributed by atoms with Crippen LogP contribution in [0.25, 0.3) is 39.1 Å². The molecule has 7 aromatic rings. The standard InChI is InChI=1S/C41H31N5O2/c1-48-32-23-21-30(22-24-32)38-27-40(39-26-37(29-15-7-3-8-16-29)43-45(39)31-17-9-4-10-18-31)46(44-38)41(47)34-25-36(28-13-5-2-6-14-28)42-35-20-12-11-19-33(34)35/h2-26,40H,27H2,1H3. The maximum absolute atomic E-state index is 15.0. The predicted molar refractivity (Wildman–Crippen MR) is 189 cm³/mol. The largest absolute Gasteiger partial charge is 0.497 e. The minimum Gasteiger partial charge on any atom is -0.497 e. The van der Waals surface area contributed by atoms with Gasteiger partial charge < -0.3 is 4.74 Å². The van der Waals surface area contributed by atoms with E-state index in [1.165, 1.54) is 0 Å². The third-order valence-corrected chi connectivity index (χ3v) is 8.71. The molecule has 232 valence electrons. The number of amides is 1. The highest BCUT2D eigenvalue weighted by atomic mass is 16.5. The van der Waals surface area contributed by atoms with Crippen molar-refractivity contribution in [3.05, 3.63) is 168 Å². The van der Waals surface area contributed by atoms with Gasteiger partial charge in [-0.1, -0.05) is 97.1 Å². The molecule has 1 aliphatic heterocycles. The summed E-state index contributed by atoms with van der Waals surface area (Å²) in [6.07, 6.45) is 0.499. The van der Waals surface area contributed by atoms with E-state index in [1.54, 1.807) is 12.1 Å². The van der Waals surface area contributed by atoms with Gasteiger partial charge in [-0.05, 0) is 60.2 Å². The molecule has 1 amide bonds. The van der Waals surface area contributed by atoms with Gasteiger partial charge in [-0.25, -0.2) is 14.7 Å². The van der Waals surface area contributed by atoms with Crippen molar-refractivity contribution >= 4 is 22.5 Å². The molecule has 7 nitrogen and oxygen atoms in total. The summed E-state index contributed by atoms with van der Waals surface area (Å²) in [6.45, 7) is 0. The number of hydrogen-bond acceptors (Lipinski definition) is 5. The number of methoxy groups -OCH3 is 1. The summed E-state index contributed by atoms with van der Waals surface area (Å²) in [4.78, 5) is 19.9. The number of rotatable bonds is 7. The van der Waals surface area contributed by atoms with Crippen LogP contribution in [0.15, 0.2) is 157 Å². The number of hydrazone groups is 1. The Morgan fingerprint density at radius 1 is 0.688 bits per heavy atom. The third kappa shape index (κ3) is 5.41. The second-order valence-electron chi connectivity index (χ2n) is 11.7. The van der Waals surface area contributed by atoms with Crippen LogP contribution in [0, 0.1) is 0 Å². The molecule has 0 fully saturated rings. The van der Waals surface area contributed by atoms with Crippen LogP contribution in [-0.4, -0.2) is 38.5 Å². The monoisotopic (exact) mass is 625 g/mol. The van der Waals surface area contributed by atoms with Crippen molar-refractivity contribution in [2.45, 2.75) is 12.5 Å². The Kier molecular flexibility index (Phi) is 7.55. The number of ether oxygens (including phenoxy) is 1. The first kappa shape index (κ1) is 29.1. The van der Waals surface area contributed by atoms with Crippen LogP contribution in [0.2, 0.25) is 0 Å². The molecule has 0 saturated carbocycles. The molecule has 0 N–H and O–H groups in total. The number of carbonyl (C=O) groups excluding carboxylic acids is 1. The van der Waals surface area contributed by atoms with Gasteiger partial charge in [-0.3, -0.25) is 4.79 Å². The van der Waals surface area contributed by atoms with Gasteiger partial charge in [-0.2, -0.15) is 10.2 Å². The minimum atomic E-state index is -0.438. The molecule has 8 rings (SSSR count). The average molecular weight is 626 g/mol. The van der Waals surface area contributed by atoms with Crippen LogP contribution in [0.4, 0.5) is 0 Å². The van der Waals surface area contributed by atoms with Crippen LogP contribution in [-0.2, 0) is 0 Å². The normalized spacial score (nSPS) is 14.2. The number of fused-ring (bicyclic) bond motifs is 1. The molecule has 0 aliphatic carbocycles. The molecule has 5 aromatic carbocycles. The number of hydrogen-bond donors (Lipinski definition) is 0. The molecule has 0 bridgehead atoms. The van der Waals surface area contributed by atoms with Gasteiger partial charge in [0.05, 0.1) is 46.7 Å². The summed E-state index contributed by atoms with van der Waals surface area (Å²) >= 11 is 0. The lowest BCUT2D eigenvalue weighted by molar-refractivity contribution is 0.0708. The van der Waals surface area contributed by atoms with E-state index in [-0.39, 0.29) is 5.91 Å². The van der Waals surface area contributed by atoms with Crippen LogP contribution in [0.5, 0.6) is 5.75 Å². The summed E-state index contributed by atoms with van der Waals surface area (Å²) in [6, 6.07) is 49.2. The second-order valence-corrected chi connectivity index (χ2v) is 11.7. The fraction of sp³-hybridized carbons (Fsp3) is 0.0732. The highest BCUT2D eigenvalue weighted by Gasteiger charge is 2.37. The first-order valence-electron chi connectivity index (χ1n) is 15.9. The molecule has 3 heterocycles. The van der Waals surface area contributed by atoms with Gasteiger partial charge >= 0.3 is 0 Å². The molecule has 1 atom stereocenters. The molecule has 0 spiro atoms. The number of benzene rings is 5. The van der Waals surface area contributed by atoms with Gasteiger partial charge in [0.15, 0.2) is 0 Å². The number of pyridine rings is 1. The van der Waals surface area contributed by atoms with Crippen molar-refractivity contribution in [3.8, 4) is 34.0 Å². The van der Waals surface area contributed by atoms with Gasteiger partial charge in [0.2, 0.25) is 0 Å². The fourth-order valence-corrected chi connectivity index (χ4v) is 6.28. The molecule has 1 aliphatic rings. The van der Waals surface area contributed by atoms with E-state index in [2.05, 4.69) is 6.07 Å². The second kappa shape index (κ2) is 12.5. The zero-order valence-corrected chi connectivity index (χ0v) is 26.3. The first-order valence-corrected chi connectivity index (χ1v) is 15.9. The third-order valence-electron chi connectivity index (χ3n) is 8.71. The predicted octanol–water partition coefficient (Wildman–Crippen LogP) is 8.75. The minimum absolute atomic E-state index is 0.207. The van der Waals surface area contributed by atoms with Gasteiger partial charge in [0, 0.05) is 22.9 Å². The van der Waals surface area contributed by atoms with Crippen molar-refractivity contribution < 1.29 is 9.53 Å². The van der Waals surface area contributed by atoms with Crippen molar-refractivity contribution in [1.29, 1.82) is 0 Å². The van der Waals surface area contributed by atoms with Crippen LogP contribution < -0.4 is 4.74 Å². The van der Waals surface area contributed by atoms with E-state index in [0.29, 0.717) is 12.0 Å². The summed E-state index contributed by atoms with van der Waals surface area (Å²) in [7, 11) is 1.65. The quantitative estimate of drug-likeness (QED) is 0.178. The number of nitrogens with zero attached hydrogens (tertiary/aromatic N) is 5. The highest BCUT2D eigenvalue weighted by Crippen LogP contribution is 2.38.